The zero-order valence-corrected chi connectivity index (χ0v) is 14.8. The lowest BCUT2D eigenvalue weighted by atomic mass is 9.64. The molecule has 9 heteroatoms. The summed E-state index contributed by atoms with van der Waals surface area (Å²) in [6.45, 7) is 7.61. The first-order chi connectivity index (χ1) is 11.4. The Morgan fingerprint density at radius 1 is 1.36 bits per heavy atom. The summed E-state index contributed by atoms with van der Waals surface area (Å²) >= 11 is 0. The van der Waals surface area contributed by atoms with Crippen LogP contribution in [0.15, 0.2) is 6.20 Å². The summed E-state index contributed by atoms with van der Waals surface area (Å²) in [6.07, 6.45) is -1.91. The summed E-state index contributed by atoms with van der Waals surface area (Å²) in [4.78, 5) is 15.3. The molecule has 4 rings (SSSR count). The van der Waals surface area contributed by atoms with E-state index in [2.05, 4.69) is 17.1 Å². The molecule has 3 fully saturated rings. The molecule has 2 unspecified atom stereocenters. The SMILES string of the molecule is C[C@@H]1CC2CC(Cn3ncc(C(F)(F)F)n3)(C1)N2C(=O)OC(C)(C)C. The van der Waals surface area contributed by atoms with Crippen molar-refractivity contribution in [3.63, 3.8) is 0 Å². The molecule has 0 radical (unpaired) electrons. The van der Waals surface area contributed by atoms with Gasteiger partial charge >= 0.3 is 12.3 Å². The highest BCUT2D eigenvalue weighted by Gasteiger charge is 2.59. The second-order valence-electron chi connectivity index (χ2n) is 8.24. The van der Waals surface area contributed by atoms with Crippen molar-refractivity contribution in [3.05, 3.63) is 11.9 Å². The fourth-order valence-electron chi connectivity index (χ4n) is 4.10. The Kier molecular flexibility index (Phi) is 4.04. The Labute approximate surface area is 144 Å². The van der Waals surface area contributed by atoms with Crippen molar-refractivity contribution in [3.8, 4) is 0 Å². The molecule has 1 aromatic heterocycles. The van der Waals surface area contributed by atoms with Crippen LogP contribution in [0.5, 0.6) is 0 Å². The first-order valence-corrected chi connectivity index (χ1v) is 8.39. The van der Waals surface area contributed by atoms with Crippen molar-refractivity contribution in [2.45, 2.75) is 76.9 Å². The molecular formula is C16H23F3N4O2. The van der Waals surface area contributed by atoms with Crippen molar-refractivity contribution in [1.82, 2.24) is 19.9 Å². The van der Waals surface area contributed by atoms with Crippen LogP contribution in [0.3, 0.4) is 0 Å². The molecule has 0 spiro atoms. The first kappa shape index (κ1) is 18.0. The van der Waals surface area contributed by atoms with E-state index in [1.807, 2.05) is 0 Å². The number of rotatable bonds is 2. The summed E-state index contributed by atoms with van der Waals surface area (Å²) in [6, 6.07) is 0.0660. The van der Waals surface area contributed by atoms with Gasteiger partial charge in [-0.3, -0.25) is 4.90 Å². The minimum atomic E-state index is -4.53. The Bertz CT molecular complexity index is 667. The molecule has 25 heavy (non-hydrogen) atoms. The van der Waals surface area contributed by atoms with Crippen LogP contribution in [0.4, 0.5) is 18.0 Å². The van der Waals surface area contributed by atoms with E-state index < -0.39 is 29.1 Å². The van der Waals surface area contributed by atoms with Crippen LogP contribution >= 0.6 is 0 Å². The molecule has 3 heterocycles. The van der Waals surface area contributed by atoms with Crippen molar-refractivity contribution in [2.24, 2.45) is 5.92 Å². The number of nitrogens with zero attached hydrogens (tertiary/aromatic N) is 4. The van der Waals surface area contributed by atoms with E-state index in [0.717, 1.165) is 23.8 Å². The Hall–Kier alpha value is -1.80. The summed E-state index contributed by atoms with van der Waals surface area (Å²) < 4.78 is 43.7. The summed E-state index contributed by atoms with van der Waals surface area (Å²) in [5, 5.41) is 7.29. The minimum Gasteiger partial charge on any atom is -0.444 e. The van der Waals surface area contributed by atoms with Crippen LogP contribution in [0.25, 0.3) is 0 Å². The average molecular weight is 360 g/mol. The monoisotopic (exact) mass is 360 g/mol. The predicted octanol–water partition coefficient (Wildman–Crippen LogP) is 3.48. The van der Waals surface area contributed by atoms with E-state index in [4.69, 9.17) is 4.74 Å². The number of halogens is 3. The van der Waals surface area contributed by atoms with Gasteiger partial charge in [0.15, 0.2) is 5.69 Å². The molecule has 3 aliphatic rings. The van der Waals surface area contributed by atoms with Crippen molar-refractivity contribution < 1.29 is 22.7 Å². The normalized spacial score (nSPS) is 29.3. The van der Waals surface area contributed by atoms with E-state index in [1.165, 1.54) is 0 Å². The zero-order chi connectivity index (χ0) is 18.6. The van der Waals surface area contributed by atoms with Crippen LogP contribution < -0.4 is 0 Å². The third-order valence-electron chi connectivity index (χ3n) is 4.75. The maximum atomic E-state index is 12.7. The van der Waals surface area contributed by atoms with Gasteiger partial charge in [0.1, 0.15) is 5.60 Å². The van der Waals surface area contributed by atoms with Gasteiger partial charge < -0.3 is 4.74 Å². The number of ether oxygens (including phenoxy) is 1. The molecule has 140 valence electrons. The summed E-state index contributed by atoms with van der Waals surface area (Å²) in [7, 11) is 0. The van der Waals surface area contributed by atoms with Gasteiger partial charge in [-0.1, -0.05) is 6.92 Å². The molecule has 1 aliphatic carbocycles. The minimum absolute atomic E-state index is 0.0660. The molecule has 1 saturated carbocycles. The van der Waals surface area contributed by atoms with Crippen LogP contribution in [-0.4, -0.2) is 43.2 Å². The third kappa shape index (κ3) is 3.46. The number of hydrogen-bond acceptors (Lipinski definition) is 4. The number of alkyl halides is 3. The molecule has 2 saturated heterocycles. The molecule has 3 atom stereocenters. The lowest BCUT2D eigenvalue weighted by Gasteiger charge is -2.62. The van der Waals surface area contributed by atoms with Crippen molar-refractivity contribution in [2.75, 3.05) is 0 Å². The van der Waals surface area contributed by atoms with Gasteiger partial charge in [0, 0.05) is 6.04 Å². The summed E-state index contributed by atoms with van der Waals surface area (Å²) in [5.74, 6) is 0.384. The van der Waals surface area contributed by atoms with E-state index in [-0.39, 0.29) is 12.6 Å². The molecule has 6 nitrogen and oxygen atoms in total. The van der Waals surface area contributed by atoms with Crippen molar-refractivity contribution >= 4 is 6.09 Å². The lowest BCUT2D eigenvalue weighted by Crippen LogP contribution is -2.73. The van der Waals surface area contributed by atoms with Gasteiger partial charge in [0.2, 0.25) is 0 Å². The number of aromatic nitrogens is 3. The van der Waals surface area contributed by atoms with Gasteiger partial charge in [0.25, 0.3) is 0 Å². The van der Waals surface area contributed by atoms with Gasteiger partial charge in [-0.05, 0) is 46.0 Å². The first-order valence-electron chi connectivity index (χ1n) is 8.39. The maximum absolute atomic E-state index is 12.7. The van der Waals surface area contributed by atoms with Gasteiger partial charge in [-0.25, -0.2) is 4.79 Å². The fraction of sp³-hybridized carbons (Fsp3) is 0.812. The Balaban J connectivity index is 1.81. The highest BCUT2D eigenvalue weighted by molar-refractivity contribution is 5.71. The van der Waals surface area contributed by atoms with E-state index in [1.54, 1.807) is 25.7 Å². The molecular weight excluding hydrogens is 337 g/mol. The van der Waals surface area contributed by atoms with Gasteiger partial charge in [-0.2, -0.15) is 23.1 Å². The quantitative estimate of drug-likeness (QED) is 0.810. The largest absolute Gasteiger partial charge is 0.444 e. The van der Waals surface area contributed by atoms with E-state index >= 15 is 0 Å². The summed E-state index contributed by atoms with van der Waals surface area (Å²) in [5.41, 5.74) is -2.22. The Morgan fingerprint density at radius 3 is 2.60 bits per heavy atom. The van der Waals surface area contributed by atoms with Crippen molar-refractivity contribution in [1.29, 1.82) is 0 Å². The second-order valence-corrected chi connectivity index (χ2v) is 8.24. The molecule has 0 N–H and O–H groups in total. The smallest absolute Gasteiger partial charge is 0.436 e. The third-order valence-corrected chi connectivity index (χ3v) is 4.75. The van der Waals surface area contributed by atoms with Crippen LogP contribution in [0.2, 0.25) is 0 Å². The molecule has 0 aromatic carbocycles. The van der Waals surface area contributed by atoms with Gasteiger partial charge in [-0.15, -0.1) is 5.10 Å². The van der Waals surface area contributed by atoms with Gasteiger partial charge in [0.05, 0.1) is 18.3 Å². The number of carbonyl (C=O) groups excluding carboxylic acids is 1. The average Bonchev–Trinajstić information content (AvgIpc) is 2.83. The number of piperidine rings is 1. The second kappa shape index (κ2) is 5.60. The standard InChI is InChI=1S/C16H23F3N4O2/c1-10-5-11-7-15(6-10,23(11)13(24)25-14(2,3)4)9-22-20-8-12(21-22)16(17,18)19/h8,10-11H,5-7,9H2,1-4H3/t10-,11?,15?/m1/s1. The highest BCUT2D eigenvalue weighted by atomic mass is 19.4. The van der Waals surface area contributed by atoms with Crippen LogP contribution in [0.1, 0.15) is 52.7 Å². The highest BCUT2D eigenvalue weighted by Crippen LogP contribution is 2.51. The molecule has 2 aliphatic heterocycles. The number of carbonyl (C=O) groups is 1. The van der Waals surface area contributed by atoms with Crippen LogP contribution in [0, 0.1) is 5.92 Å². The number of hydrogen-bond donors (Lipinski definition) is 0. The van der Waals surface area contributed by atoms with Crippen LogP contribution in [-0.2, 0) is 17.5 Å². The van der Waals surface area contributed by atoms with E-state index in [0.29, 0.717) is 12.3 Å². The Morgan fingerprint density at radius 2 is 2.04 bits per heavy atom. The topological polar surface area (TPSA) is 60.2 Å². The number of fused-ring (bicyclic) bond motifs is 2. The lowest BCUT2D eigenvalue weighted by molar-refractivity contribution is -0.143. The molecule has 2 bridgehead atoms. The maximum Gasteiger partial charge on any atom is 0.436 e. The predicted molar refractivity (Wildman–Crippen MR) is 82.6 cm³/mol. The molecule has 1 aromatic rings. The van der Waals surface area contributed by atoms with E-state index in [9.17, 15) is 18.0 Å². The number of amides is 1. The zero-order valence-electron chi connectivity index (χ0n) is 14.8. The molecule has 1 amide bonds. The fourth-order valence-corrected chi connectivity index (χ4v) is 4.10.